The van der Waals surface area contributed by atoms with Crippen molar-refractivity contribution in [2.45, 2.75) is 16.6 Å². The Hall–Kier alpha value is -4.76. The summed E-state index contributed by atoms with van der Waals surface area (Å²) in [4.78, 5) is 44.8. The Morgan fingerprint density at radius 3 is 2.36 bits per heavy atom. The van der Waals surface area contributed by atoms with Gasteiger partial charge in [-0.3, -0.25) is 14.4 Å². The van der Waals surface area contributed by atoms with Crippen molar-refractivity contribution in [3.8, 4) is 11.5 Å². The quantitative estimate of drug-likeness (QED) is 0.255. The van der Waals surface area contributed by atoms with Gasteiger partial charge in [-0.25, -0.2) is 14.3 Å². The maximum Gasteiger partial charge on any atom is 0.255 e. The molecule has 1 saturated heterocycles. The number of benzene rings is 4. The Bertz CT molecular complexity index is 1670. The summed E-state index contributed by atoms with van der Waals surface area (Å²) >= 11 is 1.30. The monoisotopic (exact) mass is 537 g/mol. The molecule has 1 aliphatic rings. The molecular weight excluding hydrogens is 517 g/mol. The molecule has 6 rings (SSSR count). The number of anilines is 2. The van der Waals surface area contributed by atoms with Crippen LogP contribution in [0.4, 0.5) is 15.8 Å². The molecule has 39 heavy (non-hydrogen) atoms. The van der Waals surface area contributed by atoms with Crippen LogP contribution in [0.2, 0.25) is 0 Å². The second kappa shape index (κ2) is 10.2. The Morgan fingerprint density at radius 2 is 1.64 bits per heavy atom. The lowest BCUT2D eigenvalue weighted by atomic mass is 10.2. The number of imide groups is 1. The number of fused-ring (bicyclic) bond motifs is 1. The van der Waals surface area contributed by atoms with Gasteiger partial charge in [0.2, 0.25) is 17.7 Å². The molecule has 3 amide bonds. The number of carbonyl (C=O) groups is 3. The summed E-state index contributed by atoms with van der Waals surface area (Å²) in [6.45, 7) is 0. The van der Waals surface area contributed by atoms with Gasteiger partial charge in [0.05, 0.1) is 10.9 Å². The van der Waals surface area contributed by atoms with Crippen molar-refractivity contribution in [2.24, 2.45) is 0 Å². The summed E-state index contributed by atoms with van der Waals surface area (Å²) in [7, 11) is 0. The third kappa shape index (κ3) is 5.04. The first kappa shape index (κ1) is 24.6. The smallest absolute Gasteiger partial charge is 0.255 e. The fourth-order valence-electron chi connectivity index (χ4n) is 4.30. The number of hydrogen-bond donors (Lipinski definition) is 1. The van der Waals surface area contributed by atoms with Gasteiger partial charge >= 0.3 is 0 Å². The van der Waals surface area contributed by atoms with Crippen molar-refractivity contribution in [3.05, 3.63) is 108 Å². The van der Waals surface area contributed by atoms with E-state index in [0.29, 0.717) is 28.4 Å². The second-order valence-corrected chi connectivity index (χ2v) is 10.2. The molecule has 192 valence electrons. The lowest BCUT2D eigenvalue weighted by Crippen LogP contribution is -2.31. The van der Waals surface area contributed by atoms with Crippen LogP contribution >= 0.6 is 11.8 Å². The van der Waals surface area contributed by atoms with Crippen LogP contribution in [0.5, 0.6) is 0 Å². The van der Waals surface area contributed by atoms with Gasteiger partial charge in [0, 0.05) is 28.1 Å². The third-order valence-electron chi connectivity index (χ3n) is 6.27. The summed E-state index contributed by atoms with van der Waals surface area (Å²) in [5.74, 6) is -0.857. The lowest BCUT2D eigenvalue weighted by molar-refractivity contribution is -0.121. The SMILES string of the molecule is O=C(Nc1ccc(SC2CC(=O)N(c3ccc(-c4nc5ccccc5o4)cc3)C2=O)cc1)c1ccc(F)cc1. The minimum Gasteiger partial charge on any atom is -0.436 e. The van der Waals surface area contributed by atoms with Gasteiger partial charge in [-0.15, -0.1) is 11.8 Å². The van der Waals surface area contributed by atoms with Crippen molar-refractivity contribution in [1.82, 2.24) is 4.98 Å². The minimum atomic E-state index is -0.561. The number of nitrogens with zero attached hydrogens (tertiary/aromatic N) is 2. The molecule has 1 atom stereocenters. The van der Waals surface area contributed by atoms with E-state index in [-0.39, 0.29) is 24.1 Å². The van der Waals surface area contributed by atoms with E-state index < -0.39 is 11.1 Å². The zero-order chi connectivity index (χ0) is 26.9. The average Bonchev–Trinajstić information content (AvgIpc) is 3.50. The molecule has 0 spiro atoms. The van der Waals surface area contributed by atoms with E-state index in [1.54, 1.807) is 48.5 Å². The average molecular weight is 538 g/mol. The van der Waals surface area contributed by atoms with Crippen molar-refractivity contribution in [2.75, 3.05) is 10.2 Å². The summed E-state index contributed by atoms with van der Waals surface area (Å²) in [6, 6.07) is 26.7. The van der Waals surface area contributed by atoms with Crippen molar-refractivity contribution < 1.29 is 23.2 Å². The molecule has 1 aliphatic heterocycles. The van der Waals surface area contributed by atoms with E-state index in [4.69, 9.17) is 4.42 Å². The van der Waals surface area contributed by atoms with Crippen LogP contribution in [0.1, 0.15) is 16.8 Å². The first-order valence-electron chi connectivity index (χ1n) is 12.1. The molecule has 4 aromatic carbocycles. The highest BCUT2D eigenvalue weighted by Gasteiger charge is 2.40. The topological polar surface area (TPSA) is 92.5 Å². The first-order valence-corrected chi connectivity index (χ1v) is 13.0. The van der Waals surface area contributed by atoms with E-state index in [1.165, 1.54) is 40.9 Å². The molecule has 0 bridgehead atoms. The maximum absolute atomic E-state index is 13.2. The van der Waals surface area contributed by atoms with E-state index >= 15 is 0 Å². The number of rotatable bonds is 6. The minimum absolute atomic E-state index is 0.0828. The molecule has 1 aromatic heterocycles. The molecule has 1 unspecified atom stereocenters. The summed E-state index contributed by atoms with van der Waals surface area (Å²) < 4.78 is 18.9. The van der Waals surface area contributed by atoms with Crippen LogP contribution < -0.4 is 10.2 Å². The van der Waals surface area contributed by atoms with Gasteiger partial charge in [0.15, 0.2) is 5.58 Å². The van der Waals surface area contributed by atoms with Crippen LogP contribution in [0, 0.1) is 5.82 Å². The molecule has 0 aliphatic carbocycles. The van der Waals surface area contributed by atoms with Crippen LogP contribution in [0.3, 0.4) is 0 Å². The van der Waals surface area contributed by atoms with E-state index in [0.717, 1.165) is 16.0 Å². The van der Waals surface area contributed by atoms with Crippen LogP contribution in [0.15, 0.2) is 106 Å². The maximum atomic E-state index is 13.2. The predicted octanol–water partition coefficient (Wildman–Crippen LogP) is 6.31. The number of hydrogen-bond acceptors (Lipinski definition) is 6. The fourth-order valence-corrected chi connectivity index (χ4v) is 5.36. The lowest BCUT2D eigenvalue weighted by Gasteiger charge is -2.15. The normalized spacial score (nSPS) is 15.2. The molecule has 9 heteroatoms. The van der Waals surface area contributed by atoms with E-state index in [1.807, 2.05) is 24.3 Å². The van der Waals surface area contributed by atoms with E-state index in [2.05, 4.69) is 10.3 Å². The highest BCUT2D eigenvalue weighted by atomic mass is 32.2. The molecule has 0 saturated carbocycles. The van der Waals surface area contributed by atoms with Crippen molar-refractivity contribution >= 4 is 52.0 Å². The Balaban J connectivity index is 1.11. The third-order valence-corrected chi connectivity index (χ3v) is 7.47. The number of thioether (sulfide) groups is 1. The van der Waals surface area contributed by atoms with Crippen molar-refractivity contribution in [3.63, 3.8) is 0 Å². The molecular formula is C30H20FN3O4S. The summed E-state index contributed by atoms with van der Waals surface area (Å²) in [5.41, 5.74) is 3.57. The predicted molar refractivity (Wildman–Crippen MR) is 147 cm³/mol. The van der Waals surface area contributed by atoms with Gasteiger partial charge in [0.1, 0.15) is 11.3 Å². The number of halogens is 1. The number of aromatic nitrogens is 1. The van der Waals surface area contributed by atoms with Gasteiger partial charge < -0.3 is 9.73 Å². The number of amides is 3. The van der Waals surface area contributed by atoms with Crippen LogP contribution in [0.25, 0.3) is 22.6 Å². The zero-order valence-electron chi connectivity index (χ0n) is 20.3. The van der Waals surface area contributed by atoms with Crippen LogP contribution in [-0.4, -0.2) is 28.0 Å². The zero-order valence-corrected chi connectivity index (χ0v) is 21.2. The molecule has 0 radical (unpaired) electrons. The fraction of sp³-hybridized carbons (Fsp3) is 0.0667. The number of para-hydroxylation sites is 2. The number of carbonyl (C=O) groups excluding carboxylic acids is 3. The largest absolute Gasteiger partial charge is 0.436 e. The van der Waals surface area contributed by atoms with Gasteiger partial charge in [-0.05, 0) is 84.9 Å². The highest BCUT2D eigenvalue weighted by molar-refractivity contribution is 8.00. The Labute approximate surface area is 226 Å². The Morgan fingerprint density at radius 1 is 0.923 bits per heavy atom. The molecule has 2 heterocycles. The summed E-state index contributed by atoms with van der Waals surface area (Å²) in [6.07, 6.45) is 0.0828. The molecule has 1 fully saturated rings. The number of nitrogens with one attached hydrogen (secondary N) is 1. The van der Waals surface area contributed by atoms with Gasteiger partial charge in [-0.1, -0.05) is 12.1 Å². The van der Waals surface area contributed by atoms with Gasteiger partial charge in [0.25, 0.3) is 5.91 Å². The standard InChI is InChI=1S/C30H20FN3O4S/c31-20-9-5-18(6-10-20)28(36)32-21-11-15-23(16-12-21)39-26-17-27(35)34(30(26)37)22-13-7-19(8-14-22)29-33-24-3-1-2-4-25(24)38-29/h1-16,26H,17H2,(H,32,36). The highest BCUT2D eigenvalue weighted by Crippen LogP contribution is 2.35. The first-order chi connectivity index (χ1) is 18.9. The van der Waals surface area contributed by atoms with Gasteiger partial charge in [-0.2, -0.15) is 0 Å². The Kier molecular flexibility index (Phi) is 6.42. The number of oxazole rings is 1. The van der Waals surface area contributed by atoms with E-state index in [9.17, 15) is 18.8 Å². The summed E-state index contributed by atoms with van der Waals surface area (Å²) in [5, 5.41) is 2.19. The second-order valence-electron chi connectivity index (χ2n) is 8.90. The molecule has 1 N–H and O–H groups in total. The van der Waals surface area contributed by atoms with Crippen LogP contribution in [-0.2, 0) is 9.59 Å². The van der Waals surface area contributed by atoms with Crippen molar-refractivity contribution in [1.29, 1.82) is 0 Å². The molecule has 7 nitrogen and oxygen atoms in total. The molecule has 5 aromatic rings.